The quantitative estimate of drug-likeness (QED) is 0.340. The molecule has 0 aliphatic heterocycles. The monoisotopic (exact) mass is 423 g/mol. The maximum Gasteiger partial charge on any atom is 0.254 e. The van der Waals surface area contributed by atoms with Gasteiger partial charge >= 0.3 is 0 Å². The fraction of sp³-hybridized carbons (Fsp3) is 0.500. The van der Waals surface area contributed by atoms with Crippen LogP contribution >= 0.6 is 11.7 Å². The Morgan fingerprint density at radius 3 is 2.81 bits per heavy atom. The Balaban J connectivity index is 0.00000220. The molecule has 0 saturated heterocycles. The first-order valence-electron chi connectivity index (χ1n) is 6.78. The van der Waals surface area contributed by atoms with Gasteiger partial charge in [0.2, 0.25) is 0 Å². The van der Waals surface area contributed by atoms with E-state index in [-0.39, 0.29) is 30.7 Å². The number of ether oxygens (including phenoxy) is 1. The van der Waals surface area contributed by atoms with Crippen molar-refractivity contribution in [2.24, 2.45) is 7.05 Å². The molecule has 0 N–H and O–H groups in total. The molecule has 0 aromatic carbocycles. The molecule has 0 saturated carbocycles. The van der Waals surface area contributed by atoms with Gasteiger partial charge in [-0.25, -0.2) is 4.57 Å². The normalized spacial score (nSPS) is 10.2. The average Bonchev–Trinajstić information content (AvgIpc) is 2.91. The lowest BCUT2D eigenvalue weighted by molar-refractivity contribution is -0.671. The molecule has 0 radical (unpaired) electrons. The van der Waals surface area contributed by atoms with Gasteiger partial charge in [-0.15, -0.1) is 4.37 Å². The molecule has 0 bridgehead atoms. The molecule has 0 atom stereocenters. The van der Waals surface area contributed by atoms with Gasteiger partial charge in [-0.2, -0.15) is 4.37 Å². The van der Waals surface area contributed by atoms with Crippen LogP contribution in [0.4, 0.5) is 4.39 Å². The van der Waals surface area contributed by atoms with Crippen molar-refractivity contribution in [3.63, 3.8) is 0 Å². The fourth-order valence-electron chi connectivity index (χ4n) is 1.90. The summed E-state index contributed by atoms with van der Waals surface area (Å²) in [5, 5.41) is 0. The van der Waals surface area contributed by atoms with Gasteiger partial charge in [-0.3, -0.25) is 4.39 Å². The standard InChI is InChI=1S/C14H19FN3OS.HI/c1-18-9-6-7-12(11-18)13-14(17-20-16-13)19-10-5-3-2-4-8-15;/h6-7,9,11H,2-5,8,10H2,1H3;1H/q+1;/p-1. The van der Waals surface area contributed by atoms with Gasteiger partial charge in [-0.1, -0.05) is 6.42 Å². The van der Waals surface area contributed by atoms with E-state index in [4.69, 9.17) is 4.74 Å². The Labute approximate surface area is 145 Å². The minimum absolute atomic E-state index is 0. The summed E-state index contributed by atoms with van der Waals surface area (Å²) in [6, 6.07) is 3.96. The number of aryl methyl sites for hydroxylation is 1. The van der Waals surface area contributed by atoms with E-state index in [9.17, 15) is 4.39 Å². The summed E-state index contributed by atoms with van der Waals surface area (Å²) in [5.74, 6) is 0.590. The lowest BCUT2D eigenvalue weighted by Gasteiger charge is -2.04. The number of nitrogens with zero attached hydrogens (tertiary/aromatic N) is 3. The SMILES string of the molecule is C[n+]1cccc(-c2nsnc2OCCCCCCF)c1.[I-]. The molecule has 116 valence electrons. The molecule has 2 rings (SSSR count). The minimum atomic E-state index is -0.230. The van der Waals surface area contributed by atoms with Gasteiger partial charge in [0.05, 0.1) is 30.6 Å². The molecule has 7 heteroatoms. The number of hydrogen-bond acceptors (Lipinski definition) is 4. The highest BCUT2D eigenvalue weighted by atomic mass is 127. The molecular weight excluding hydrogens is 404 g/mol. The van der Waals surface area contributed by atoms with E-state index in [2.05, 4.69) is 8.75 Å². The van der Waals surface area contributed by atoms with Crippen LogP contribution in [0.1, 0.15) is 25.7 Å². The second-order valence-corrected chi connectivity index (χ2v) is 5.16. The largest absolute Gasteiger partial charge is 1.00 e. The number of unbranched alkanes of at least 4 members (excludes halogenated alkanes) is 3. The first kappa shape index (κ1) is 18.2. The van der Waals surface area contributed by atoms with E-state index in [1.165, 1.54) is 0 Å². The maximum absolute atomic E-state index is 11.9. The summed E-state index contributed by atoms with van der Waals surface area (Å²) in [7, 11) is 1.97. The summed E-state index contributed by atoms with van der Waals surface area (Å²) in [6.07, 6.45) is 7.41. The van der Waals surface area contributed by atoms with Crippen molar-refractivity contribution >= 4 is 11.7 Å². The number of halogens is 2. The lowest BCUT2D eigenvalue weighted by Crippen LogP contribution is -3.00. The molecular formula is C14H19FIN3OS. The van der Waals surface area contributed by atoms with E-state index in [0.29, 0.717) is 18.9 Å². The average molecular weight is 423 g/mol. The van der Waals surface area contributed by atoms with Gasteiger partial charge in [0.15, 0.2) is 18.1 Å². The lowest BCUT2D eigenvalue weighted by atomic mass is 10.2. The molecule has 21 heavy (non-hydrogen) atoms. The van der Waals surface area contributed by atoms with E-state index in [0.717, 1.165) is 42.2 Å². The van der Waals surface area contributed by atoms with Gasteiger partial charge in [-0.05, 0) is 25.3 Å². The molecule has 0 aliphatic carbocycles. The summed E-state index contributed by atoms with van der Waals surface area (Å²) in [5.41, 5.74) is 1.78. The van der Waals surface area contributed by atoms with Gasteiger partial charge in [0.25, 0.3) is 5.88 Å². The predicted octanol–water partition coefficient (Wildman–Crippen LogP) is -0.0577. The van der Waals surface area contributed by atoms with Gasteiger partial charge < -0.3 is 28.7 Å². The van der Waals surface area contributed by atoms with Crippen molar-refractivity contribution in [1.82, 2.24) is 8.75 Å². The smallest absolute Gasteiger partial charge is 0.254 e. The second-order valence-electron chi connectivity index (χ2n) is 4.63. The first-order chi connectivity index (χ1) is 9.81. The molecule has 4 nitrogen and oxygen atoms in total. The van der Waals surface area contributed by atoms with Crippen LogP contribution in [-0.4, -0.2) is 22.0 Å². The van der Waals surface area contributed by atoms with Crippen LogP contribution in [0.2, 0.25) is 0 Å². The Morgan fingerprint density at radius 1 is 1.24 bits per heavy atom. The number of alkyl halides is 1. The van der Waals surface area contributed by atoms with Crippen molar-refractivity contribution in [3.8, 4) is 17.1 Å². The highest BCUT2D eigenvalue weighted by Gasteiger charge is 2.14. The number of pyridine rings is 1. The van der Waals surface area contributed by atoms with Crippen LogP contribution < -0.4 is 33.3 Å². The van der Waals surface area contributed by atoms with E-state index in [1.807, 2.05) is 36.1 Å². The van der Waals surface area contributed by atoms with E-state index in [1.54, 1.807) is 0 Å². The Morgan fingerprint density at radius 2 is 2.05 bits per heavy atom. The van der Waals surface area contributed by atoms with Crippen molar-refractivity contribution in [1.29, 1.82) is 0 Å². The summed E-state index contributed by atoms with van der Waals surface area (Å²) < 4.78 is 28.1. The number of hydrogen-bond donors (Lipinski definition) is 0. The predicted molar refractivity (Wildman–Crippen MR) is 76.5 cm³/mol. The molecule has 0 aliphatic rings. The molecule has 2 heterocycles. The van der Waals surface area contributed by atoms with Gasteiger partial charge in [0, 0.05) is 6.07 Å². The van der Waals surface area contributed by atoms with Crippen molar-refractivity contribution in [2.75, 3.05) is 13.3 Å². The molecule has 2 aromatic heterocycles. The van der Waals surface area contributed by atoms with Crippen LogP contribution in [-0.2, 0) is 7.05 Å². The third-order valence-corrected chi connectivity index (χ3v) is 3.45. The highest BCUT2D eigenvalue weighted by molar-refractivity contribution is 6.99. The van der Waals surface area contributed by atoms with Crippen LogP contribution in [0, 0.1) is 0 Å². The highest BCUT2D eigenvalue weighted by Crippen LogP contribution is 2.26. The van der Waals surface area contributed by atoms with Crippen LogP contribution in [0.3, 0.4) is 0 Å². The zero-order valence-electron chi connectivity index (χ0n) is 12.0. The molecule has 0 fully saturated rings. The van der Waals surface area contributed by atoms with E-state index >= 15 is 0 Å². The third-order valence-electron chi connectivity index (χ3n) is 2.94. The van der Waals surface area contributed by atoms with Crippen molar-refractivity contribution in [3.05, 3.63) is 24.5 Å². The van der Waals surface area contributed by atoms with Crippen LogP contribution in [0.15, 0.2) is 24.5 Å². The summed E-state index contributed by atoms with van der Waals surface area (Å²) in [6.45, 7) is 0.371. The first-order valence-corrected chi connectivity index (χ1v) is 7.51. The second kappa shape index (κ2) is 9.99. The van der Waals surface area contributed by atoms with Crippen molar-refractivity contribution in [2.45, 2.75) is 25.7 Å². The topological polar surface area (TPSA) is 38.9 Å². The van der Waals surface area contributed by atoms with Crippen LogP contribution in [0.5, 0.6) is 5.88 Å². The summed E-state index contributed by atoms with van der Waals surface area (Å²) in [4.78, 5) is 0. The molecule has 0 unspecified atom stereocenters. The zero-order valence-corrected chi connectivity index (χ0v) is 14.9. The maximum atomic E-state index is 11.9. The van der Waals surface area contributed by atoms with E-state index < -0.39 is 0 Å². The number of rotatable bonds is 8. The molecule has 0 amide bonds. The number of aromatic nitrogens is 3. The Bertz CT molecular complexity index is 538. The zero-order chi connectivity index (χ0) is 14.2. The Kier molecular flexibility index (Phi) is 8.67. The molecule has 2 aromatic rings. The van der Waals surface area contributed by atoms with Crippen molar-refractivity contribution < 1.29 is 37.7 Å². The van der Waals surface area contributed by atoms with Gasteiger partial charge in [0.1, 0.15) is 7.05 Å². The van der Waals surface area contributed by atoms with Crippen LogP contribution in [0.25, 0.3) is 11.3 Å². The Hall–Kier alpha value is -0.830. The third kappa shape index (κ3) is 5.82. The molecule has 0 spiro atoms. The minimum Gasteiger partial charge on any atom is -1.00 e. The summed E-state index contributed by atoms with van der Waals surface area (Å²) >= 11 is 1.15. The fourth-order valence-corrected chi connectivity index (χ4v) is 2.42.